The van der Waals surface area contributed by atoms with Gasteiger partial charge in [0.25, 0.3) is 11.6 Å². The number of nitrogens with one attached hydrogen (secondary N) is 2. The van der Waals surface area contributed by atoms with Crippen molar-refractivity contribution in [2.24, 2.45) is 0 Å². The lowest BCUT2D eigenvalue weighted by Gasteiger charge is -2.23. The molecule has 0 radical (unpaired) electrons. The van der Waals surface area contributed by atoms with Crippen LogP contribution < -0.4 is 10.2 Å². The van der Waals surface area contributed by atoms with E-state index in [0.717, 1.165) is 32.8 Å². The smallest absolute Gasteiger partial charge is 0.270 e. The zero-order chi connectivity index (χ0) is 18.5. The summed E-state index contributed by atoms with van der Waals surface area (Å²) in [6, 6.07) is 11.4. The standard InChI is InChI=1S/C18H18ClN3O4/c19-17-11-15(22(24)25)5-6-16(17)18(23)20-14-3-1-13(2-4-14)12-21-7-9-26-10-8-21/h1-6,11H,7-10,12H2,(H,20,23)/p+1. The Balaban J connectivity index is 1.63. The number of anilines is 1. The number of nitro groups is 1. The van der Waals surface area contributed by atoms with Crippen molar-refractivity contribution in [3.63, 3.8) is 0 Å². The van der Waals surface area contributed by atoms with Gasteiger partial charge < -0.3 is 15.0 Å². The second-order valence-electron chi connectivity index (χ2n) is 6.11. The summed E-state index contributed by atoms with van der Waals surface area (Å²) in [5, 5.41) is 13.5. The van der Waals surface area contributed by atoms with Gasteiger partial charge in [-0.05, 0) is 18.2 Å². The van der Waals surface area contributed by atoms with Crippen LogP contribution in [0.25, 0.3) is 0 Å². The van der Waals surface area contributed by atoms with Gasteiger partial charge >= 0.3 is 0 Å². The van der Waals surface area contributed by atoms with Crippen LogP contribution in [-0.4, -0.2) is 37.1 Å². The molecule has 0 saturated carbocycles. The highest BCUT2D eigenvalue weighted by Gasteiger charge is 2.16. The Morgan fingerprint density at radius 3 is 2.50 bits per heavy atom. The molecule has 0 unspecified atom stereocenters. The molecule has 7 nitrogen and oxygen atoms in total. The van der Waals surface area contributed by atoms with Crippen molar-refractivity contribution < 1.29 is 19.4 Å². The maximum absolute atomic E-state index is 12.3. The van der Waals surface area contributed by atoms with Gasteiger partial charge in [0.15, 0.2) is 0 Å². The molecule has 2 aromatic carbocycles. The minimum atomic E-state index is -0.553. The van der Waals surface area contributed by atoms with Gasteiger partial charge in [-0.1, -0.05) is 23.7 Å². The number of hydrogen-bond donors (Lipinski definition) is 2. The van der Waals surface area contributed by atoms with Crippen LogP contribution in [0.15, 0.2) is 42.5 Å². The second kappa shape index (κ2) is 8.27. The fraction of sp³-hybridized carbons (Fsp3) is 0.278. The van der Waals surface area contributed by atoms with Crippen LogP contribution >= 0.6 is 11.6 Å². The van der Waals surface area contributed by atoms with Gasteiger partial charge in [-0.3, -0.25) is 14.9 Å². The number of halogens is 1. The molecule has 0 spiro atoms. The highest BCUT2D eigenvalue weighted by Crippen LogP contribution is 2.23. The van der Waals surface area contributed by atoms with Crippen LogP contribution in [0.1, 0.15) is 15.9 Å². The molecule has 1 heterocycles. The molecule has 8 heteroatoms. The first-order valence-electron chi connectivity index (χ1n) is 8.28. The SMILES string of the molecule is O=C(Nc1ccc(C[NH+]2CCOCC2)cc1)c1ccc([N+](=O)[O-])cc1Cl. The molecular formula is C18H19ClN3O4+. The number of carbonyl (C=O) groups excluding carboxylic acids is 1. The van der Waals surface area contributed by atoms with Crippen LogP contribution in [0.5, 0.6) is 0 Å². The van der Waals surface area contributed by atoms with Crippen molar-refractivity contribution in [2.45, 2.75) is 6.54 Å². The van der Waals surface area contributed by atoms with Gasteiger partial charge in [-0.15, -0.1) is 0 Å². The number of amides is 1. The van der Waals surface area contributed by atoms with E-state index in [-0.39, 0.29) is 16.3 Å². The van der Waals surface area contributed by atoms with E-state index < -0.39 is 10.8 Å². The van der Waals surface area contributed by atoms with Crippen molar-refractivity contribution in [1.82, 2.24) is 0 Å². The maximum atomic E-state index is 12.3. The molecule has 1 aliphatic heterocycles. The van der Waals surface area contributed by atoms with E-state index in [1.165, 1.54) is 28.7 Å². The summed E-state index contributed by atoms with van der Waals surface area (Å²) < 4.78 is 5.36. The second-order valence-corrected chi connectivity index (χ2v) is 6.52. The first-order chi connectivity index (χ1) is 12.5. The molecule has 0 aromatic heterocycles. The van der Waals surface area contributed by atoms with E-state index in [1.54, 1.807) is 0 Å². The fourth-order valence-corrected chi connectivity index (χ4v) is 3.09. The fourth-order valence-electron chi connectivity index (χ4n) is 2.83. The Labute approximate surface area is 155 Å². The quantitative estimate of drug-likeness (QED) is 0.616. The van der Waals surface area contributed by atoms with Crippen molar-refractivity contribution in [3.05, 3.63) is 68.7 Å². The Hall–Kier alpha value is -2.48. The van der Waals surface area contributed by atoms with E-state index in [0.29, 0.717) is 5.69 Å². The molecule has 3 rings (SSSR count). The Morgan fingerprint density at radius 1 is 1.19 bits per heavy atom. The third-order valence-corrected chi connectivity index (χ3v) is 4.59. The number of ether oxygens (including phenoxy) is 1. The monoisotopic (exact) mass is 376 g/mol. The number of quaternary nitrogens is 1. The Kier molecular flexibility index (Phi) is 5.82. The maximum Gasteiger partial charge on any atom is 0.270 e. The summed E-state index contributed by atoms with van der Waals surface area (Å²) in [7, 11) is 0. The van der Waals surface area contributed by atoms with Crippen molar-refractivity contribution >= 4 is 28.9 Å². The van der Waals surface area contributed by atoms with Crippen molar-refractivity contribution in [3.8, 4) is 0 Å². The predicted molar refractivity (Wildman–Crippen MR) is 97.7 cm³/mol. The topological polar surface area (TPSA) is 85.9 Å². The normalized spacial score (nSPS) is 14.8. The van der Waals surface area contributed by atoms with E-state index in [4.69, 9.17) is 16.3 Å². The van der Waals surface area contributed by atoms with Gasteiger partial charge in [0.1, 0.15) is 19.6 Å². The molecule has 2 N–H and O–H groups in total. The average Bonchev–Trinajstić information content (AvgIpc) is 2.64. The summed E-state index contributed by atoms with van der Waals surface area (Å²) >= 11 is 5.99. The highest BCUT2D eigenvalue weighted by atomic mass is 35.5. The highest BCUT2D eigenvalue weighted by molar-refractivity contribution is 6.34. The first-order valence-corrected chi connectivity index (χ1v) is 8.66. The van der Waals surface area contributed by atoms with E-state index in [1.807, 2.05) is 24.3 Å². The van der Waals surface area contributed by atoms with E-state index >= 15 is 0 Å². The molecule has 1 fully saturated rings. The molecular weight excluding hydrogens is 358 g/mol. The van der Waals surface area contributed by atoms with Crippen LogP contribution in [0.4, 0.5) is 11.4 Å². The Morgan fingerprint density at radius 2 is 1.88 bits per heavy atom. The Bertz CT molecular complexity index is 805. The molecule has 0 bridgehead atoms. The van der Waals surface area contributed by atoms with Gasteiger partial charge in [0, 0.05) is 23.4 Å². The van der Waals surface area contributed by atoms with Crippen LogP contribution in [0, 0.1) is 10.1 Å². The molecule has 1 aliphatic rings. The third kappa shape index (κ3) is 4.57. The van der Waals surface area contributed by atoms with Gasteiger partial charge in [-0.2, -0.15) is 0 Å². The predicted octanol–water partition coefficient (Wildman–Crippen LogP) is 1.92. The number of morpholine rings is 1. The molecule has 26 heavy (non-hydrogen) atoms. The molecule has 1 saturated heterocycles. The lowest BCUT2D eigenvalue weighted by molar-refractivity contribution is -0.921. The molecule has 0 atom stereocenters. The number of carbonyl (C=O) groups is 1. The zero-order valence-corrected chi connectivity index (χ0v) is 14.8. The van der Waals surface area contributed by atoms with Crippen molar-refractivity contribution in [2.75, 3.05) is 31.6 Å². The molecule has 2 aromatic rings. The number of benzene rings is 2. The largest absolute Gasteiger partial charge is 0.370 e. The van der Waals surface area contributed by atoms with Crippen LogP contribution in [-0.2, 0) is 11.3 Å². The average molecular weight is 377 g/mol. The third-order valence-electron chi connectivity index (χ3n) is 4.27. The van der Waals surface area contributed by atoms with Gasteiger partial charge in [0.2, 0.25) is 0 Å². The number of rotatable bonds is 5. The van der Waals surface area contributed by atoms with Gasteiger partial charge in [-0.25, -0.2) is 0 Å². The summed E-state index contributed by atoms with van der Waals surface area (Å²) in [5.41, 5.74) is 1.87. The minimum absolute atomic E-state index is 0.0456. The number of non-ortho nitro benzene ring substituents is 1. The zero-order valence-electron chi connectivity index (χ0n) is 14.0. The lowest BCUT2D eigenvalue weighted by Crippen LogP contribution is -3.12. The summed E-state index contributed by atoms with van der Waals surface area (Å²) in [5.74, 6) is -0.406. The van der Waals surface area contributed by atoms with Crippen LogP contribution in [0.3, 0.4) is 0 Å². The number of nitrogens with zero attached hydrogens (tertiary/aromatic N) is 1. The first kappa shape index (κ1) is 18.3. The molecule has 0 aliphatic carbocycles. The summed E-state index contributed by atoms with van der Waals surface area (Å²) in [6.45, 7) is 4.50. The van der Waals surface area contributed by atoms with E-state index in [2.05, 4.69) is 5.32 Å². The summed E-state index contributed by atoms with van der Waals surface area (Å²) in [4.78, 5) is 24.0. The molecule has 1 amide bonds. The van der Waals surface area contributed by atoms with Crippen LogP contribution in [0.2, 0.25) is 5.02 Å². The number of hydrogen-bond acceptors (Lipinski definition) is 4. The lowest BCUT2D eigenvalue weighted by atomic mass is 10.1. The van der Waals surface area contributed by atoms with Gasteiger partial charge in [0.05, 0.1) is 28.7 Å². The minimum Gasteiger partial charge on any atom is -0.370 e. The number of nitro benzene ring substituents is 1. The summed E-state index contributed by atoms with van der Waals surface area (Å²) in [6.07, 6.45) is 0. The van der Waals surface area contributed by atoms with Crippen molar-refractivity contribution in [1.29, 1.82) is 0 Å². The van der Waals surface area contributed by atoms with E-state index in [9.17, 15) is 14.9 Å². The molecule has 136 valence electrons.